The maximum atomic E-state index is 11.7. The Balaban J connectivity index is 0. The molecule has 0 saturated heterocycles. The molecule has 1 atom stereocenters. The van der Waals surface area contributed by atoms with Crippen LogP contribution in [0.2, 0.25) is 6.04 Å². The number of carbonyl (C=O) groups excluding carboxylic acids is 1. The molecule has 0 aliphatic rings. The SMILES string of the molecule is C=C(NCCC[Si](OCC)(OCC)OCC)NCCSCC(C)C(=O)OCCS(=O)(=O)[O-].[K+]. The summed E-state index contributed by atoms with van der Waals surface area (Å²) >= 11 is 1.56. The number of hydrogen-bond acceptors (Lipinski definition) is 11. The molecule has 0 aromatic rings. The van der Waals surface area contributed by atoms with Gasteiger partial charge < -0.3 is 33.2 Å². The molecule has 0 rings (SSSR count). The number of rotatable bonds is 21. The van der Waals surface area contributed by atoms with Gasteiger partial charge >= 0.3 is 66.2 Å². The van der Waals surface area contributed by atoms with Gasteiger partial charge in [-0.2, -0.15) is 11.8 Å². The predicted octanol–water partition coefficient (Wildman–Crippen LogP) is -1.46. The van der Waals surface area contributed by atoms with Crippen molar-refractivity contribution < 1.29 is 87.2 Å². The van der Waals surface area contributed by atoms with Gasteiger partial charge in [-0.25, -0.2) is 8.42 Å². The fourth-order valence-corrected chi connectivity index (χ4v) is 6.40. The largest absolute Gasteiger partial charge is 1.00 e. The maximum Gasteiger partial charge on any atom is 1.00 e. The van der Waals surface area contributed by atoms with Crippen LogP contribution in [0.1, 0.15) is 34.1 Å². The zero-order valence-electron chi connectivity index (χ0n) is 20.6. The Morgan fingerprint density at radius 1 is 1.09 bits per heavy atom. The van der Waals surface area contributed by atoms with Crippen LogP contribution in [0.15, 0.2) is 12.4 Å². The van der Waals surface area contributed by atoms with Crippen LogP contribution in [-0.4, -0.2) is 84.5 Å². The van der Waals surface area contributed by atoms with E-state index in [1.807, 2.05) is 20.8 Å². The molecule has 2 N–H and O–H groups in total. The van der Waals surface area contributed by atoms with Crippen LogP contribution in [0.4, 0.5) is 0 Å². The Morgan fingerprint density at radius 3 is 2.15 bits per heavy atom. The van der Waals surface area contributed by atoms with Crippen molar-refractivity contribution in [1.29, 1.82) is 0 Å². The van der Waals surface area contributed by atoms with Crippen molar-refractivity contribution >= 4 is 36.7 Å². The minimum absolute atomic E-state index is 0. The van der Waals surface area contributed by atoms with Gasteiger partial charge in [0, 0.05) is 50.5 Å². The maximum absolute atomic E-state index is 11.7. The molecule has 0 amide bonds. The van der Waals surface area contributed by atoms with Gasteiger partial charge in [0.25, 0.3) is 0 Å². The predicted molar refractivity (Wildman–Crippen MR) is 127 cm³/mol. The van der Waals surface area contributed by atoms with E-state index in [2.05, 4.69) is 17.2 Å². The number of esters is 1. The average Bonchev–Trinajstić information content (AvgIpc) is 2.70. The Labute approximate surface area is 247 Å². The second-order valence-corrected chi connectivity index (χ2v) is 12.2. The van der Waals surface area contributed by atoms with Gasteiger partial charge in [-0.15, -0.1) is 0 Å². The summed E-state index contributed by atoms with van der Waals surface area (Å²) in [6.07, 6.45) is 0.828. The molecule has 0 radical (unpaired) electrons. The van der Waals surface area contributed by atoms with E-state index in [-0.39, 0.29) is 57.3 Å². The molecule has 0 aromatic heterocycles. The second-order valence-electron chi connectivity index (χ2n) is 6.82. The van der Waals surface area contributed by atoms with E-state index < -0.39 is 37.3 Å². The van der Waals surface area contributed by atoms with E-state index in [1.54, 1.807) is 18.7 Å². The molecule has 0 fully saturated rings. The van der Waals surface area contributed by atoms with Crippen LogP contribution >= 0.6 is 11.8 Å². The number of hydrogen-bond donors (Lipinski definition) is 2. The molecule has 0 bridgehead atoms. The molecular weight excluding hydrogens is 516 g/mol. The van der Waals surface area contributed by atoms with Crippen molar-refractivity contribution in [3.05, 3.63) is 12.4 Å². The average molecular weight is 555 g/mol. The van der Waals surface area contributed by atoms with Crippen LogP contribution in [-0.2, 0) is 32.9 Å². The van der Waals surface area contributed by atoms with E-state index in [0.717, 1.165) is 18.2 Å². The minimum Gasteiger partial charge on any atom is -0.748 e. The smallest absolute Gasteiger partial charge is 0.748 e. The van der Waals surface area contributed by atoms with Crippen molar-refractivity contribution in [3.63, 3.8) is 0 Å². The molecule has 0 saturated carbocycles. The van der Waals surface area contributed by atoms with Gasteiger partial charge in [0.05, 0.1) is 27.6 Å². The Morgan fingerprint density at radius 2 is 1.64 bits per heavy atom. The van der Waals surface area contributed by atoms with E-state index in [4.69, 9.17) is 18.0 Å². The fourth-order valence-electron chi connectivity index (χ4n) is 2.60. The van der Waals surface area contributed by atoms with E-state index in [0.29, 0.717) is 44.5 Å². The summed E-state index contributed by atoms with van der Waals surface area (Å²) in [5.74, 6) is 0.399. The fraction of sp³-hybridized carbons (Fsp3) is 0.842. The molecule has 190 valence electrons. The first-order valence-corrected chi connectivity index (χ1v) is 15.5. The topological polar surface area (TPSA) is 135 Å². The Hall–Kier alpha value is 0.803. The summed E-state index contributed by atoms with van der Waals surface area (Å²) in [5.41, 5.74) is 0. The third-order valence-corrected chi connectivity index (χ3v) is 9.07. The van der Waals surface area contributed by atoms with Gasteiger partial charge in [-0.3, -0.25) is 4.79 Å². The molecular formula is C19H39KN2O8S2Si. The van der Waals surface area contributed by atoms with Gasteiger partial charge in [0.15, 0.2) is 0 Å². The summed E-state index contributed by atoms with van der Waals surface area (Å²) < 4.78 is 53.8. The number of carbonyl (C=O) groups is 1. The van der Waals surface area contributed by atoms with Gasteiger partial charge in [-0.1, -0.05) is 13.5 Å². The number of ether oxygens (including phenoxy) is 1. The molecule has 1 unspecified atom stereocenters. The molecule has 0 aliphatic heterocycles. The third kappa shape index (κ3) is 19.6. The van der Waals surface area contributed by atoms with Crippen molar-refractivity contribution in [1.82, 2.24) is 10.6 Å². The first-order valence-electron chi connectivity index (χ1n) is 10.9. The van der Waals surface area contributed by atoms with Crippen molar-refractivity contribution in [3.8, 4) is 0 Å². The minimum atomic E-state index is -4.37. The molecule has 10 nitrogen and oxygen atoms in total. The number of nitrogens with one attached hydrogen (secondary N) is 2. The van der Waals surface area contributed by atoms with Crippen molar-refractivity contribution in [2.45, 2.75) is 40.2 Å². The Kier molecular flexibility index (Phi) is 22.8. The van der Waals surface area contributed by atoms with Gasteiger partial charge in [-0.05, 0) is 27.2 Å². The van der Waals surface area contributed by atoms with E-state index in [1.165, 1.54) is 0 Å². The molecule has 0 spiro atoms. The second kappa shape index (κ2) is 20.9. The van der Waals surface area contributed by atoms with Gasteiger partial charge in [0.1, 0.15) is 6.61 Å². The van der Waals surface area contributed by atoms with Crippen LogP contribution in [0.3, 0.4) is 0 Å². The van der Waals surface area contributed by atoms with E-state index in [9.17, 15) is 17.8 Å². The quantitative estimate of drug-likeness (QED) is 0.0745. The number of thioether (sulfide) groups is 1. The first kappa shape index (κ1) is 36.0. The third-order valence-electron chi connectivity index (χ3n) is 4.02. The zero-order chi connectivity index (χ0) is 24.5. The Bertz CT molecular complexity index is 626. The molecule has 14 heteroatoms. The molecule has 0 aromatic carbocycles. The first-order chi connectivity index (χ1) is 15.1. The summed E-state index contributed by atoms with van der Waals surface area (Å²) in [7, 11) is -6.99. The summed E-state index contributed by atoms with van der Waals surface area (Å²) in [5, 5.41) is 6.41. The van der Waals surface area contributed by atoms with Crippen molar-refractivity contribution in [2.24, 2.45) is 5.92 Å². The zero-order valence-corrected chi connectivity index (χ0v) is 26.4. The van der Waals surface area contributed by atoms with Crippen LogP contribution < -0.4 is 62.0 Å². The van der Waals surface area contributed by atoms with Crippen LogP contribution in [0.25, 0.3) is 0 Å². The summed E-state index contributed by atoms with van der Waals surface area (Å²) in [4.78, 5) is 11.7. The molecule has 0 heterocycles. The van der Waals surface area contributed by atoms with Crippen LogP contribution in [0, 0.1) is 5.92 Å². The summed E-state index contributed by atoms with van der Waals surface area (Å²) in [6.45, 7) is 14.1. The normalized spacial score (nSPS) is 12.5. The summed E-state index contributed by atoms with van der Waals surface area (Å²) in [6, 6.07) is 0.730. The van der Waals surface area contributed by atoms with Crippen molar-refractivity contribution in [2.75, 3.05) is 56.8 Å². The van der Waals surface area contributed by atoms with Crippen LogP contribution in [0.5, 0.6) is 0 Å². The van der Waals surface area contributed by atoms with Gasteiger partial charge in [0.2, 0.25) is 0 Å². The molecule has 33 heavy (non-hydrogen) atoms. The standard InChI is InChI=1S/C19H40N2O8S2Si.K/c1-6-27-32(28-7-2,29-8-3)15-9-10-20-18(5)21-11-13-30-16-17(4)19(22)26-12-14-31(23,24)25;/h17,20-21H,5-16H2,1-4H3,(H,23,24,25);/q;+1/p-1. The van der Waals surface area contributed by atoms with E-state index >= 15 is 0 Å². The monoisotopic (exact) mass is 554 g/mol. The molecule has 0 aliphatic carbocycles.